The van der Waals surface area contributed by atoms with E-state index < -0.39 is 47.0 Å². The van der Waals surface area contributed by atoms with Gasteiger partial charge in [0.15, 0.2) is 57.7 Å². The molecule has 2 saturated heterocycles. The van der Waals surface area contributed by atoms with Crippen molar-refractivity contribution in [2.75, 3.05) is 40.4 Å². The number of ketones is 2. The first-order valence-corrected chi connectivity index (χ1v) is 17.8. The van der Waals surface area contributed by atoms with Crippen LogP contribution in [0.5, 0.6) is 34.5 Å². The van der Waals surface area contributed by atoms with Crippen LogP contribution < -0.4 is 29.6 Å². The zero-order chi connectivity index (χ0) is 43.4. The Bertz CT molecular complexity index is 2250. The van der Waals surface area contributed by atoms with E-state index in [0.29, 0.717) is 37.1 Å². The Morgan fingerprint density at radius 1 is 0.633 bits per heavy atom. The molecule has 4 aromatic rings. The molecule has 0 saturated carbocycles. The van der Waals surface area contributed by atoms with Crippen LogP contribution in [0.2, 0.25) is 0 Å². The zero-order valence-corrected chi connectivity index (χ0v) is 33.4. The highest BCUT2D eigenvalue weighted by molar-refractivity contribution is 6.06. The molecular formula is C41H40ClF4N3O11. The number of piperazine rings is 1. The van der Waals surface area contributed by atoms with Crippen molar-refractivity contribution in [2.45, 2.75) is 33.1 Å². The van der Waals surface area contributed by atoms with Crippen molar-refractivity contribution in [3.8, 4) is 34.5 Å². The minimum absolute atomic E-state index is 0. The first-order valence-electron chi connectivity index (χ1n) is 17.8. The highest BCUT2D eigenvalue weighted by Crippen LogP contribution is 2.37. The summed E-state index contributed by atoms with van der Waals surface area (Å²) in [6.45, 7) is 3.71. The molecule has 14 nitrogen and oxygen atoms in total. The zero-order valence-electron chi connectivity index (χ0n) is 32.6. The molecule has 6 rings (SSSR count). The molecule has 3 amide bonds. The van der Waals surface area contributed by atoms with Gasteiger partial charge in [-0.15, -0.1) is 12.4 Å². The summed E-state index contributed by atoms with van der Waals surface area (Å²) in [6.07, 6.45) is 1.06. The molecule has 0 radical (unpaired) electrons. The highest BCUT2D eigenvalue weighted by atomic mass is 35.5. The molecule has 4 aromatic carbocycles. The van der Waals surface area contributed by atoms with Crippen LogP contribution >= 0.6 is 12.4 Å². The molecule has 2 fully saturated rings. The maximum atomic E-state index is 14.5. The van der Waals surface area contributed by atoms with Gasteiger partial charge in [-0.3, -0.25) is 29.3 Å². The number of piperidine rings is 1. The number of carbonyl (C=O) groups excluding carboxylic acids is 5. The van der Waals surface area contributed by atoms with E-state index >= 15 is 0 Å². The number of ether oxygens (including phenoxy) is 4. The van der Waals surface area contributed by atoms with Crippen molar-refractivity contribution in [3.05, 3.63) is 106 Å². The van der Waals surface area contributed by atoms with Crippen molar-refractivity contribution in [1.29, 1.82) is 0 Å². The van der Waals surface area contributed by atoms with Gasteiger partial charge >= 0.3 is 5.97 Å². The number of hydrogen-bond acceptors (Lipinski definition) is 11. The number of carbonyl (C=O) groups is 6. The van der Waals surface area contributed by atoms with E-state index in [9.17, 15) is 46.3 Å². The molecule has 19 heteroatoms. The van der Waals surface area contributed by atoms with Gasteiger partial charge in [0.05, 0.1) is 39.3 Å². The minimum Gasteiger partial charge on any atom is -0.493 e. The summed E-state index contributed by atoms with van der Waals surface area (Å²) in [6, 6.07) is 11.8. The number of Topliss-reactive ketones (excluding diaryl/α,β-unsaturated/α-hetero) is 2. The third kappa shape index (κ3) is 12.7. The smallest absolute Gasteiger partial charge is 0.335 e. The predicted molar refractivity (Wildman–Crippen MR) is 208 cm³/mol. The van der Waals surface area contributed by atoms with Crippen LogP contribution in [0.15, 0.2) is 60.7 Å². The van der Waals surface area contributed by atoms with Crippen LogP contribution in [-0.4, -0.2) is 85.7 Å². The molecule has 2 heterocycles. The molecule has 0 atom stereocenters. The van der Waals surface area contributed by atoms with Crippen molar-refractivity contribution in [3.63, 3.8) is 0 Å². The van der Waals surface area contributed by atoms with Gasteiger partial charge in [0.25, 0.3) is 5.91 Å². The number of imide groups is 1. The number of hydrogen-bond donors (Lipinski definition) is 3. The molecule has 0 spiro atoms. The Labute approximate surface area is 347 Å². The standard InChI is InChI=1S/C20H18F2N2O5.C16H14F2O4.C5H7NO2.ClH/c1-3-11-7-16(28-2)17(8-13(11)21)29-15-5-4-12(6-14(15)22)20(27)24-9-18(25)23-19(26)10-24;1-3-9-7-14(21-2)15(8-11(9)17)22-13-5-4-10(16(19)20)6-12(13)18;7-4-1-5(8)3-6-2-4;/h4-8H,3,9-10H2,1-2H3,(H,23,25,26);4-8H,3H2,1-2H3,(H,19,20);6H,1-3H2;1H. The van der Waals surface area contributed by atoms with Gasteiger partial charge in [-0.25, -0.2) is 22.4 Å². The van der Waals surface area contributed by atoms with Crippen LogP contribution in [0.3, 0.4) is 0 Å². The fraction of sp³-hybridized carbons (Fsp3) is 0.268. The highest BCUT2D eigenvalue weighted by Gasteiger charge is 2.28. The summed E-state index contributed by atoms with van der Waals surface area (Å²) in [7, 11) is 2.77. The lowest BCUT2D eigenvalue weighted by molar-refractivity contribution is -0.135. The summed E-state index contributed by atoms with van der Waals surface area (Å²) < 4.78 is 77.3. The van der Waals surface area contributed by atoms with E-state index in [2.05, 4.69) is 10.6 Å². The van der Waals surface area contributed by atoms with Gasteiger partial charge in [-0.05, 0) is 72.5 Å². The molecular weight excluding hydrogens is 822 g/mol. The monoisotopic (exact) mass is 861 g/mol. The van der Waals surface area contributed by atoms with Crippen LogP contribution in [0.4, 0.5) is 17.6 Å². The third-order valence-electron chi connectivity index (χ3n) is 8.50. The number of benzene rings is 4. The Morgan fingerprint density at radius 2 is 1.07 bits per heavy atom. The average Bonchev–Trinajstić information content (AvgIpc) is 3.19. The number of nitrogens with zero attached hydrogens (tertiary/aromatic N) is 1. The van der Waals surface area contributed by atoms with Crippen molar-refractivity contribution in [2.24, 2.45) is 0 Å². The quantitative estimate of drug-likeness (QED) is 0.0962. The number of carboxylic acids is 1. The second kappa shape index (κ2) is 22.0. The molecule has 320 valence electrons. The van der Waals surface area contributed by atoms with Gasteiger partial charge < -0.3 is 34.3 Å². The van der Waals surface area contributed by atoms with E-state index in [-0.39, 0.29) is 89.1 Å². The number of aromatic carboxylic acids is 1. The topological polar surface area (TPSA) is 187 Å². The Morgan fingerprint density at radius 3 is 1.43 bits per heavy atom. The Kier molecular flexibility index (Phi) is 17.6. The second-order valence-electron chi connectivity index (χ2n) is 12.7. The van der Waals surface area contributed by atoms with E-state index in [1.165, 1.54) is 50.6 Å². The third-order valence-corrected chi connectivity index (χ3v) is 8.50. The fourth-order valence-corrected chi connectivity index (χ4v) is 5.49. The Balaban J connectivity index is 0.000000273. The van der Waals surface area contributed by atoms with Crippen LogP contribution in [0.1, 0.15) is 52.1 Å². The number of halogens is 5. The number of nitrogens with one attached hydrogen (secondary N) is 2. The normalized spacial score (nSPS) is 13.4. The van der Waals surface area contributed by atoms with Crippen LogP contribution in [-0.2, 0) is 32.0 Å². The molecule has 0 aromatic heterocycles. The van der Waals surface area contributed by atoms with Crippen LogP contribution in [0.25, 0.3) is 0 Å². The summed E-state index contributed by atoms with van der Waals surface area (Å²) in [5.41, 5.74) is 0.614. The SMILES string of the molecule is CCc1cc(OC)c(Oc2ccc(C(=O)N3CC(=O)NC(=O)C3)cc2F)cc1F.CCc1cc(OC)c(Oc2ccc(C(=O)O)cc2F)cc1F.Cl.O=C1CNCC(=O)C1. The van der Waals surface area contributed by atoms with Crippen LogP contribution in [0, 0.1) is 23.3 Å². The summed E-state index contributed by atoms with van der Waals surface area (Å²) in [4.78, 5) is 67.8. The number of aryl methyl sites for hydroxylation is 2. The molecule has 60 heavy (non-hydrogen) atoms. The molecule has 3 N–H and O–H groups in total. The first kappa shape index (κ1) is 47.8. The lowest BCUT2D eigenvalue weighted by Gasteiger charge is -2.25. The maximum Gasteiger partial charge on any atom is 0.335 e. The number of amides is 3. The van der Waals surface area contributed by atoms with E-state index in [1.807, 2.05) is 0 Å². The minimum atomic E-state index is -1.25. The molecule has 0 aliphatic carbocycles. The predicted octanol–water partition coefficient (Wildman–Crippen LogP) is 5.99. The van der Waals surface area contributed by atoms with Gasteiger partial charge in [0, 0.05) is 17.7 Å². The number of rotatable bonds is 10. The number of carboxylic acid groups (broad SMARTS) is 1. The van der Waals surface area contributed by atoms with Gasteiger partial charge in [0.2, 0.25) is 11.8 Å². The molecule has 0 unspecified atom stereocenters. The van der Waals surface area contributed by atoms with Gasteiger partial charge in [0.1, 0.15) is 24.7 Å². The van der Waals surface area contributed by atoms with Gasteiger partial charge in [-0.2, -0.15) is 0 Å². The largest absolute Gasteiger partial charge is 0.493 e. The van der Waals surface area contributed by atoms with E-state index in [1.54, 1.807) is 13.8 Å². The molecule has 2 aliphatic heterocycles. The lowest BCUT2D eigenvalue weighted by atomic mass is 10.1. The molecule has 2 aliphatic rings. The van der Waals surface area contributed by atoms with Crippen molar-refractivity contribution < 1.29 is 70.4 Å². The lowest BCUT2D eigenvalue weighted by Crippen LogP contribution is -2.53. The van der Waals surface area contributed by atoms with Crippen molar-refractivity contribution >= 4 is 47.7 Å². The summed E-state index contributed by atoms with van der Waals surface area (Å²) in [5.74, 6) is -5.82. The van der Waals surface area contributed by atoms with Gasteiger partial charge in [-0.1, -0.05) is 13.8 Å². The number of methoxy groups -OCH3 is 2. The van der Waals surface area contributed by atoms with E-state index in [4.69, 9.17) is 24.1 Å². The average molecular weight is 862 g/mol. The molecule has 0 bridgehead atoms. The van der Waals surface area contributed by atoms with Crippen molar-refractivity contribution in [1.82, 2.24) is 15.5 Å². The second-order valence-corrected chi connectivity index (χ2v) is 12.7. The first-order chi connectivity index (χ1) is 28.1. The summed E-state index contributed by atoms with van der Waals surface area (Å²) in [5, 5.41) is 13.6. The fourth-order valence-electron chi connectivity index (χ4n) is 5.49. The summed E-state index contributed by atoms with van der Waals surface area (Å²) >= 11 is 0. The van der Waals surface area contributed by atoms with E-state index in [0.717, 1.165) is 29.2 Å². The Hall–Kier alpha value is -6.53. The maximum absolute atomic E-state index is 14.5.